The molecule has 27 heavy (non-hydrogen) atoms. The maximum Gasteiger partial charge on any atom is 0.303 e. The summed E-state index contributed by atoms with van der Waals surface area (Å²) in [4.78, 5) is 11.3. The minimum absolute atomic E-state index is 0.101. The van der Waals surface area contributed by atoms with Crippen molar-refractivity contribution in [2.24, 2.45) is 46.3 Å². The van der Waals surface area contributed by atoms with Crippen LogP contribution in [0.25, 0.3) is 0 Å². The highest BCUT2D eigenvalue weighted by Crippen LogP contribution is 2.66. The van der Waals surface area contributed by atoms with E-state index in [4.69, 9.17) is 0 Å². The largest absolute Gasteiger partial charge is 0.481 e. The van der Waals surface area contributed by atoms with Gasteiger partial charge in [0.25, 0.3) is 0 Å². The topological polar surface area (TPSA) is 77.8 Å². The van der Waals surface area contributed by atoms with E-state index in [2.05, 4.69) is 32.9 Å². The molecule has 0 heterocycles. The van der Waals surface area contributed by atoms with E-state index >= 15 is 0 Å². The maximum absolute atomic E-state index is 11.4. The van der Waals surface area contributed by atoms with Crippen molar-refractivity contribution in [2.45, 2.75) is 77.9 Å². The average molecular weight is 377 g/mol. The third kappa shape index (κ3) is 2.81. The summed E-state index contributed by atoms with van der Waals surface area (Å²) < 4.78 is 0. The number of carboxylic acid groups (broad SMARTS) is 1. The highest BCUT2D eigenvalue weighted by Gasteiger charge is 2.62. The number of fused-ring (bicyclic) bond motifs is 5. The van der Waals surface area contributed by atoms with Crippen LogP contribution < -0.4 is 0 Å². The predicted molar refractivity (Wildman–Crippen MR) is 104 cm³/mol. The van der Waals surface area contributed by atoms with Crippen LogP contribution >= 0.6 is 0 Å². The Morgan fingerprint density at radius 2 is 1.85 bits per heavy atom. The zero-order valence-corrected chi connectivity index (χ0v) is 17.0. The molecule has 0 aromatic rings. The van der Waals surface area contributed by atoms with E-state index in [0.29, 0.717) is 23.7 Å². The quantitative estimate of drug-likeness (QED) is 0.654. The summed E-state index contributed by atoms with van der Waals surface area (Å²) in [6.45, 7) is 6.68. The second-order valence-corrected chi connectivity index (χ2v) is 10.6. The molecule has 3 fully saturated rings. The van der Waals surface area contributed by atoms with Crippen LogP contribution in [0.2, 0.25) is 0 Å². The van der Waals surface area contributed by atoms with E-state index in [-0.39, 0.29) is 41.3 Å². The molecule has 0 aromatic carbocycles. The first-order valence-electron chi connectivity index (χ1n) is 10.9. The van der Waals surface area contributed by atoms with E-state index in [1.807, 2.05) is 0 Å². The van der Waals surface area contributed by atoms with Crippen molar-refractivity contribution in [3.05, 3.63) is 12.2 Å². The number of allylic oxidation sites excluding steroid dienone is 2. The Hall–Kier alpha value is -0.870. The summed E-state index contributed by atoms with van der Waals surface area (Å²) in [6.07, 6.45) is 10.2. The fraction of sp³-hybridized carbons (Fsp3) is 0.870. The predicted octanol–water partition coefficient (Wildman–Crippen LogP) is 3.86. The number of carbonyl (C=O) groups is 1. The fourth-order valence-corrected chi connectivity index (χ4v) is 7.95. The van der Waals surface area contributed by atoms with Gasteiger partial charge in [0.2, 0.25) is 0 Å². The number of aliphatic hydroxyl groups is 2. The summed E-state index contributed by atoms with van der Waals surface area (Å²) in [5.41, 5.74) is -0.0104. The Balaban J connectivity index is 1.64. The Kier molecular flexibility index (Phi) is 4.74. The van der Waals surface area contributed by atoms with Crippen LogP contribution in [0.1, 0.15) is 65.7 Å². The van der Waals surface area contributed by atoms with Crippen LogP contribution in [0, 0.1) is 46.3 Å². The molecule has 4 rings (SSSR count). The molecule has 4 heteroatoms. The summed E-state index contributed by atoms with van der Waals surface area (Å²) in [7, 11) is 0. The van der Waals surface area contributed by atoms with Gasteiger partial charge in [-0.05, 0) is 84.9 Å². The molecule has 3 N–H and O–H groups in total. The molecule has 0 spiro atoms. The van der Waals surface area contributed by atoms with Crippen LogP contribution in [-0.4, -0.2) is 33.5 Å². The number of carboxylic acids is 1. The van der Waals surface area contributed by atoms with Gasteiger partial charge in [-0.1, -0.05) is 32.9 Å². The highest BCUT2D eigenvalue weighted by molar-refractivity contribution is 5.67. The van der Waals surface area contributed by atoms with Crippen molar-refractivity contribution in [3.63, 3.8) is 0 Å². The Morgan fingerprint density at radius 1 is 1.11 bits per heavy atom. The summed E-state index contributed by atoms with van der Waals surface area (Å²) >= 11 is 0. The Bertz CT molecular complexity index is 630. The summed E-state index contributed by atoms with van der Waals surface area (Å²) in [5.74, 6) is 1.46. The van der Waals surface area contributed by atoms with Gasteiger partial charge in [-0.15, -0.1) is 0 Å². The molecule has 0 aromatic heterocycles. The van der Waals surface area contributed by atoms with Crippen molar-refractivity contribution < 1.29 is 20.1 Å². The zero-order chi connectivity index (χ0) is 19.6. The molecule has 4 aliphatic rings. The van der Waals surface area contributed by atoms with Gasteiger partial charge in [0.15, 0.2) is 0 Å². The van der Waals surface area contributed by atoms with E-state index in [0.717, 1.165) is 38.5 Å². The molecule has 152 valence electrons. The van der Waals surface area contributed by atoms with Crippen LogP contribution in [0.3, 0.4) is 0 Å². The second-order valence-electron chi connectivity index (χ2n) is 10.6. The first kappa shape index (κ1) is 19.4. The Labute approximate surface area is 163 Å². The summed E-state index contributed by atoms with van der Waals surface area (Å²) in [5, 5.41) is 30.8. The molecule has 4 nitrogen and oxygen atoms in total. The van der Waals surface area contributed by atoms with Gasteiger partial charge in [-0.25, -0.2) is 0 Å². The first-order valence-corrected chi connectivity index (χ1v) is 10.9. The SMILES string of the molecule is C[C@H](CC(=O)O)[C@H]1CC[C@H]2[C@H]3C=C[C@H]4C[C@@H](O)CC[C@]4(C)[C@@H]3C[C@@H](O)[C@]12C. The number of hydrogen-bond acceptors (Lipinski definition) is 3. The summed E-state index contributed by atoms with van der Waals surface area (Å²) in [6, 6.07) is 0. The van der Waals surface area contributed by atoms with Crippen molar-refractivity contribution >= 4 is 5.97 Å². The third-order valence-corrected chi connectivity index (χ3v) is 9.50. The molecule has 0 aliphatic heterocycles. The molecule has 3 saturated carbocycles. The lowest BCUT2D eigenvalue weighted by Crippen LogP contribution is -2.57. The smallest absolute Gasteiger partial charge is 0.303 e. The molecule has 0 radical (unpaired) electrons. The number of aliphatic carboxylic acids is 1. The molecule has 10 atom stereocenters. The number of aliphatic hydroxyl groups excluding tert-OH is 2. The van der Waals surface area contributed by atoms with E-state index in [1.165, 1.54) is 0 Å². The lowest BCUT2D eigenvalue weighted by molar-refractivity contribution is -0.149. The lowest BCUT2D eigenvalue weighted by atomic mass is 9.45. The van der Waals surface area contributed by atoms with Crippen LogP contribution in [-0.2, 0) is 4.79 Å². The highest BCUT2D eigenvalue weighted by atomic mass is 16.4. The van der Waals surface area contributed by atoms with E-state index < -0.39 is 5.97 Å². The van der Waals surface area contributed by atoms with Crippen molar-refractivity contribution in [3.8, 4) is 0 Å². The van der Waals surface area contributed by atoms with Crippen LogP contribution in [0.5, 0.6) is 0 Å². The Morgan fingerprint density at radius 3 is 2.56 bits per heavy atom. The normalized spacial score (nSPS) is 52.6. The standard InChI is InChI=1S/C23H36O4/c1-13(10-21(26)27)17-6-7-18-16-5-4-14-11-15(24)8-9-22(14,2)19(16)12-20(25)23(17,18)3/h4-5,13-20,24-25H,6-12H2,1-3H3,(H,26,27)/t13-,14+,15+,16-,17-,18+,19-,20-,22+,23-/m1/s1. The molecule has 4 aliphatic carbocycles. The van der Waals surface area contributed by atoms with Gasteiger partial charge in [0, 0.05) is 6.42 Å². The van der Waals surface area contributed by atoms with Gasteiger partial charge in [0.05, 0.1) is 12.2 Å². The maximum atomic E-state index is 11.4. The van der Waals surface area contributed by atoms with Crippen LogP contribution in [0.4, 0.5) is 0 Å². The number of hydrogen-bond donors (Lipinski definition) is 3. The monoisotopic (exact) mass is 376 g/mol. The zero-order valence-electron chi connectivity index (χ0n) is 17.0. The average Bonchev–Trinajstić information content (AvgIpc) is 2.95. The minimum Gasteiger partial charge on any atom is -0.481 e. The number of rotatable bonds is 3. The molecule has 0 bridgehead atoms. The van der Waals surface area contributed by atoms with Crippen molar-refractivity contribution in [1.29, 1.82) is 0 Å². The van der Waals surface area contributed by atoms with Gasteiger partial charge in [-0.3, -0.25) is 4.79 Å². The van der Waals surface area contributed by atoms with Crippen molar-refractivity contribution in [2.75, 3.05) is 0 Å². The fourth-order valence-electron chi connectivity index (χ4n) is 7.95. The van der Waals surface area contributed by atoms with Gasteiger partial charge in [-0.2, -0.15) is 0 Å². The van der Waals surface area contributed by atoms with E-state index in [1.54, 1.807) is 0 Å². The lowest BCUT2D eigenvalue weighted by Gasteiger charge is -2.60. The molecular weight excluding hydrogens is 340 g/mol. The van der Waals surface area contributed by atoms with Gasteiger partial charge in [0.1, 0.15) is 0 Å². The molecule has 0 amide bonds. The van der Waals surface area contributed by atoms with E-state index in [9.17, 15) is 20.1 Å². The van der Waals surface area contributed by atoms with Gasteiger partial charge < -0.3 is 15.3 Å². The second kappa shape index (κ2) is 6.59. The molecule has 0 saturated heterocycles. The molecule has 0 unspecified atom stereocenters. The first-order chi connectivity index (χ1) is 12.7. The van der Waals surface area contributed by atoms with Crippen LogP contribution in [0.15, 0.2) is 12.2 Å². The van der Waals surface area contributed by atoms with Crippen molar-refractivity contribution in [1.82, 2.24) is 0 Å². The third-order valence-electron chi connectivity index (χ3n) is 9.50. The van der Waals surface area contributed by atoms with Gasteiger partial charge >= 0.3 is 5.97 Å². The minimum atomic E-state index is -0.730. The molecular formula is C23H36O4.